The first-order valence-electron chi connectivity index (χ1n) is 5.90. The first-order chi connectivity index (χ1) is 9.93. The molecular formula is C14H12Br2N2O2S. The lowest BCUT2D eigenvalue weighted by molar-refractivity contribution is 0.408. The van der Waals surface area contributed by atoms with Gasteiger partial charge in [-0.15, -0.1) is 0 Å². The lowest BCUT2D eigenvalue weighted by atomic mass is 10.1. The molecule has 0 fully saturated rings. The van der Waals surface area contributed by atoms with Gasteiger partial charge in [-0.3, -0.25) is 0 Å². The first-order valence-corrected chi connectivity index (χ1v) is 7.89. The molecule has 0 amide bonds. The number of ether oxygens (including phenoxy) is 2. The van der Waals surface area contributed by atoms with Crippen LogP contribution >= 0.6 is 44.1 Å². The number of hydrogen-bond acceptors (Lipinski definition) is 4. The molecule has 0 saturated carbocycles. The van der Waals surface area contributed by atoms with Crippen LogP contribution in [0.4, 0.5) is 0 Å². The maximum absolute atomic E-state index is 5.85. The van der Waals surface area contributed by atoms with E-state index in [-0.39, 0.29) is 4.99 Å². The second kappa shape index (κ2) is 6.72. The fraction of sp³-hybridized carbons (Fsp3) is 0.143. The van der Waals surface area contributed by atoms with Crippen molar-refractivity contribution in [2.45, 2.75) is 6.92 Å². The second-order valence-corrected chi connectivity index (χ2v) is 6.34. The molecule has 0 aliphatic carbocycles. The minimum atomic E-state index is 0.249. The van der Waals surface area contributed by atoms with Gasteiger partial charge in [0.1, 0.15) is 16.5 Å². The molecular weight excluding hydrogens is 420 g/mol. The molecule has 0 aliphatic heterocycles. The summed E-state index contributed by atoms with van der Waals surface area (Å²) in [6.07, 6.45) is 1.65. The number of aryl methyl sites for hydroxylation is 1. The van der Waals surface area contributed by atoms with E-state index in [0.717, 1.165) is 14.5 Å². The molecule has 7 heteroatoms. The Hall–Kier alpha value is -1.18. The Balaban J connectivity index is 2.46. The Bertz CT molecular complexity index is 708. The van der Waals surface area contributed by atoms with Gasteiger partial charge in [0.2, 0.25) is 5.88 Å². The van der Waals surface area contributed by atoms with Gasteiger partial charge >= 0.3 is 0 Å². The molecule has 2 aromatic rings. The summed E-state index contributed by atoms with van der Waals surface area (Å²) in [4.78, 5) is 4.46. The van der Waals surface area contributed by atoms with E-state index in [9.17, 15) is 0 Å². The van der Waals surface area contributed by atoms with Gasteiger partial charge in [0.25, 0.3) is 0 Å². The van der Waals surface area contributed by atoms with Crippen molar-refractivity contribution >= 4 is 49.1 Å². The van der Waals surface area contributed by atoms with Crippen molar-refractivity contribution in [1.82, 2.24) is 4.98 Å². The SMILES string of the molecule is COc1cc(Br)c(Oc2nccc(C)c2C(N)=S)cc1Br. The van der Waals surface area contributed by atoms with Crippen LogP contribution in [0, 0.1) is 6.92 Å². The van der Waals surface area contributed by atoms with Crippen molar-refractivity contribution in [3.05, 3.63) is 44.5 Å². The number of aromatic nitrogens is 1. The van der Waals surface area contributed by atoms with Crippen LogP contribution in [0.25, 0.3) is 0 Å². The second-order valence-electron chi connectivity index (χ2n) is 4.19. The zero-order chi connectivity index (χ0) is 15.6. The van der Waals surface area contributed by atoms with Crippen LogP contribution in [0.5, 0.6) is 17.4 Å². The van der Waals surface area contributed by atoms with Gasteiger partial charge in [0, 0.05) is 6.20 Å². The van der Waals surface area contributed by atoms with E-state index in [1.807, 2.05) is 13.0 Å². The van der Waals surface area contributed by atoms with E-state index < -0.39 is 0 Å². The van der Waals surface area contributed by atoms with Crippen molar-refractivity contribution in [1.29, 1.82) is 0 Å². The molecule has 2 rings (SSSR count). The molecule has 0 saturated heterocycles. The third-order valence-corrected chi connectivity index (χ3v) is 4.23. The zero-order valence-corrected chi connectivity index (χ0v) is 15.3. The molecule has 2 N–H and O–H groups in total. The number of halogens is 2. The summed E-state index contributed by atoms with van der Waals surface area (Å²) >= 11 is 11.9. The van der Waals surface area contributed by atoms with E-state index in [4.69, 9.17) is 27.4 Å². The summed E-state index contributed by atoms with van der Waals surface area (Å²) in [5.74, 6) is 1.65. The highest BCUT2D eigenvalue weighted by molar-refractivity contribution is 9.11. The normalized spacial score (nSPS) is 10.3. The van der Waals surface area contributed by atoms with Crippen molar-refractivity contribution in [3.63, 3.8) is 0 Å². The smallest absolute Gasteiger partial charge is 0.229 e. The Morgan fingerprint density at radius 3 is 2.48 bits per heavy atom. The standard InChI is InChI=1S/C14H12Br2N2O2S/c1-7-3-4-18-14(12(7)13(17)21)20-11-6-8(15)10(19-2)5-9(11)16/h3-6H,1-2H3,(H2,17,21). The molecule has 21 heavy (non-hydrogen) atoms. The maximum Gasteiger partial charge on any atom is 0.229 e. The summed E-state index contributed by atoms with van der Waals surface area (Å²) in [6.45, 7) is 1.90. The number of nitrogens with zero attached hydrogens (tertiary/aromatic N) is 1. The summed E-state index contributed by atoms with van der Waals surface area (Å²) in [7, 11) is 1.60. The highest BCUT2D eigenvalue weighted by atomic mass is 79.9. The maximum atomic E-state index is 5.85. The summed E-state index contributed by atoms with van der Waals surface area (Å²) in [5.41, 5.74) is 7.30. The predicted molar refractivity (Wildman–Crippen MR) is 93.3 cm³/mol. The van der Waals surface area contributed by atoms with Crippen LogP contribution in [-0.2, 0) is 0 Å². The lowest BCUT2D eigenvalue weighted by Crippen LogP contribution is -2.13. The van der Waals surface area contributed by atoms with Crippen molar-refractivity contribution in [2.75, 3.05) is 7.11 Å². The fourth-order valence-corrected chi connectivity index (χ4v) is 2.90. The van der Waals surface area contributed by atoms with E-state index in [2.05, 4.69) is 36.8 Å². The number of hydrogen-bond donors (Lipinski definition) is 1. The van der Waals surface area contributed by atoms with Gasteiger partial charge in [-0.05, 0) is 62.5 Å². The van der Waals surface area contributed by atoms with Gasteiger partial charge in [-0.2, -0.15) is 0 Å². The molecule has 110 valence electrons. The van der Waals surface area contributed by atoms with Gasteiger partial charge in [-0.1, -0.05) is 12.2 Å². The van der Waals surface area contributed by atoms with Crippen molar-refractivity contribution in [3.8, 4) is 17.4 Å². The minimum absolute atomic E-state index is 0.249. The molecule has 0 aliphatic rings. The van der Waals surface area contributed by atoms with Crippen LogP contribution in [-0.4, -0.2) is 17.1 Å². The van der Waals surface area contributed by atoms with E-state index in [1.165, 1.54) is 0 Å². The quantitative estimate of drug-likeness (QED) is 0.729. The first kappa shape index (κ1) is 16.2. The third-order valence-electron chi connectivity index (χ3n) is 2.78. The van der Waals surface area contributed by atoms with Gasteiger partial charge in [0.05, 0.1) is 21.6 Å². The van der Waals surface area contributed by atoms with Gasteiger partial charge in [-0.25, -0.2) is 4.98 Å². The van der Waals surface area contributed by atoms with Gasteiger partial charge < -0.3 is 15.2 Å². The Kier molecular flexibility index (Phi) is 5.18. The summed E-state index contributed by atoms with van der Waals surface area (Å²) in [6, 6.07) is 5.42. The molecule has 1 aromatic carbocycles. The van der Waals surface area contributed by atoms with Crippen LogP contribution in [0.1, 0.15) is 11.1 Å². The molecule has 0 spiro atoms. The topological polar surface area (TPSA) is 57.4 Å². The van der Waals surface area contributed by atoms with Crippen LogP contribution < -0.4 is 15.2 Å². The number of methoxy groups -OCH3 is 1. The molecule has 0 unspecified atom stereocenters. The van der Waals surface area contributed by atoms with Crippen molar-refractivity contribution in [2.24, 2.45) is 5.73 Å². The van der Waals surface area contributed by atoms with E-state index >= 15 is 0 Å². The monoisotopic (exact) mass is 430 g/mol. The highest BCUT2D eigenvalue weighted by Crippen LogP contribution is 2.38. The largest absolute Gasteiger partial charge is 0.496 e. The highest BCUT2D eigenvalue weighted by Gasteiger charge is 2.15. The number of rotatable bonds is 4. The van der Waals surface area contributed by atoms with Crippen LogP contribution in [0.2, 0.25) is 0 Å². The Morgan fingerprint density at radius 2 is 1.86 bits per heavy atom. The Morgan fingerprint density at radius 1 is 1.24 bits per heavy atom. The third kappa shape index (κ3) is 3.53. The molecule has 0 radical (unpaired) electrons. The number of benzene rings is 1. The van der Waals surface area contributed by atoms with Crippen LogP contribution in [0.15, 0.2) is 33.3 Å². The number of nitrogens with two attached hydrogens (primary N) is 1. The molecule has 4 nitrogen and oxygen atoms in total. The van der Waals surface area contributed by atoms with Gasteiger partial charge in [0.15, 0.2) is 0 Å². The molecule has 0 atom stereocenters. The number of thiocarbonyl (C=S) groups is 1. The summed E-state index contributed by atoms with van der Waals surface area (Å²) in [5, 5.41) is 0. The minimum Gasteiger partial charge on any atom is -0.496 e. The predicted octanol–water partition coefficient (Wildman–Crippen LogP) is 4.35. The Labute approximate surface area is 144 Å². The van der Waals surface area contributed by atoms with Crippen LogP contribution in [0.3, 0.4) is 0 Å². The van der Waals surface area contributed by atoms with E-state index in [0.29, 0.717) is 22.9 Å². The average Bonchev–Trinajstić information content (AvgIpc) is 2.42. The fourth-order valence-electron chi connectivity index (χ4n) is 1.76. The molecule has 0 bridgehead atoms. The molecule has 1 aromatic heterocycles. The molecule has 1 heterocycles. The zero-order valence-electron chi connectivity index (χ0n) is 11.3. The van der Waals surface area contributed by atoms with E-state index in [1.54, 1.807) is 25.4 Å². The van der Waals surface area contributed by atoms with Crippen molar-refractivity contribution < 1.29 is 9.47 Å². The summed E-state index contributed by atoms with van der Waals surface area (Å²) < 4.78 is 12.6. The number of pyridine rings is 1. The lowest BCUT2D eigenvalue weighted by Gasteiger charge is -2.13. The average molecular weight is 432 g/mol.